The number of hydrogen-bond donors (Lipinski definition) is 5. The van der Waals surface area contributed by atoms with E-state index in [0.717, 1.165) is 6.07 Å². The molecule has 16 heavy (non-hydrogen) atoms. The van der Waals surface area contributed by atoms with Crippen LogP contribution in [0.15, 0.2) is 17.0 Å². The van der Waals surface area contributed by atoms with Crippen molar-refractivity contribution in [3.05, 3.63) is 12.1 Å². The van der Waals surface area contributed by atoms with Gasteiger partial charge in [-0.3, -0.25) is 4.55 Å². The number of benzene rings is 1. The van der Waals surface area contributed by atoms with Crippen LogP contribution in [0.2, 0.25) is 0 Å². The molecule has 1 aromatic rings. The summed E-state index contributed by atoms with van der Waals surface area (Å²) in [7, 11) is -4.60. The number of urea groups is 1. The summed E-state index contributed by atoms with van der Waals surface area (Å²) in [5.74, 6) is -0.539. The fraction of sp³-hybridized carbons (Fsp3) is 0. The maximum atomic E-state index is 10.9. The molecule has 9 heteroatoms. The normalized spacial score (nSPS) is 11.1. The van der Waals surface area contributed by atoms with Crippen molar-refractivity contribution in [1.29, 1.82) is 0 Å². The number of nitrogens with two attached hydrogens (primary N) is 2. The van der Waals surface area contributed by atoms with E-state index >= 15 is 0 Å². The van der Waals surface area contributed by atoms with E-state index in [2.05, 4.69) is 0 Å². The van der Waals surface area contributed by atoms with Crippen molar-refractivity contribution in [2.75, 3.05) is 11.1 Å². The number of phenols is 1. The van der Waals surface area contributed by atoms with Crippen molar-refractivity contribution >= 4 is 27.5 Å². The number of nitrogen functional groups attached to an aromatic ring is 1. The van der Waals surface area contributed by atoms with Crippen molar-refractivity contribution in [2.45, 2.75) is 4.90 Å². The van der Waals surface area contributed by atoms with Gasteiger partial charge >= 0.3 is 6.03 Å². The third kappa shape index (κ3) is 2.52. The number of hydrogen-bond acceptors (Lipinski definition) is 5. The molecular weight excluding hydrogens is 238 g/mol. The van der Waals surface area contributed by atoms with Gasteiger partial charge in [0.15, 0.2) is 0 Å². The highest BCUT2D eigenvalue weighted by atomic mass is 32.2. The Hall–Kier alpha value is -2.00. The molecule has 0 radical (unpaired) electrons. The Kier molecular flexibility index (Phi) is 2.92. The van der Waals surface area contributed by atoms with Gasteiger partial charge in [0.25, 0.3) is 10.1 Å². The lowest BCUT2D eigenvalue weighted by Gasteiger charge is -2.09. The summed E-state index contributed by atoms with van der Waals surface area (Å²) in [6.07, 6.45) is 0. The fourth-order valence-electron chi connectivity index (χ4n) is 1.03. The highest BCUT2D eigenvalue weighted by molar-refractivity contribution is 7.86. The number of phenolic OH excluding ortho intramolecular Hbond substituents is 1. The molecule has 8 nitrogen and oxygen atoms in total. The molecule has 0 unspecified atom stereocenters. The predicted molar refractivity (Wildman–Crippen MR) is 55.5 cm³/mol. The standard InChI is InChI=1S/C7H9N3O5S/c8-3-1-4(10-7(9)12)6(2-5(3)11)16(13,14)15/h1-2,11H,8H2,(H3,9,10,12)(H,13,14,15). The second kappa shape index (κ2) is 3.87. The van der Waals surface area contributed by atoms with Gasteiger partial charge < -0.3 is 21.9 Å². The fourth-order valence-corrected chi connectivity index (χ4v) is 1.68. The number of aromatic hydroxyl groups is 1. The molecule has 0 heterocycles. The summed E-state index contributed by atoms with van der Waals surface area (Å²) in [5, 5.41) is 11.1. The Bertz CT molecular complexity index is 539. The van der Waals surface area contributed by atoms with Crippen molar-refractivity contribution in [3.8, 4) is 5.75 Å². The van der Waals surface area contributed by atoms with Crippen molar-refractivity contribution < 1.29 is 22.9 Å². The van der Waals surface area contributed by atoms with Crippen LogP contribution in [0, 0.1) is 0 Å². The van der Waals surface area contributed by atoms with Gasteiger partial charge in [-0.25, -0.2) is 4.79 Å². The topological polar surface area (TPSA) is 156 Å². The number of carbonyl (C=O) groups excluding carboxylic acids is 1. The van der Waals surface area contributed by atoms with E-state index in [9.17, 15) is 18.3 Å². The molecule has 0 fully saturated rings. The highest BCUT2D eigenvalue weighted by Gasteiger charge is 2.19. The van der Waals surface area contributed by atoms with Gasteiger partial charge in [-0.2, -0.15) is 8.42 Å². The zero-order chi connectivity index (χ0) is 12.5. The number of primary amides is 1. The van der Waals surface area contributed by atoms with Crippen molar-refractivity contribution in [1.82, 2.24) is 0 Å². The zero-order valence-corrected chi connectivity index (χ0v) is 8.65. The van der Waals surface area contributed by atoms with Crippen LogP contribution >= 0.6 is 0 Å². The molecule has 1 rings (SSSR count). The summed E-state index contributed by atoms with van der Waals surface area (Å²) in [4.78, 5) is 9.88. The molecule has 2 amide bonds. The van der Waals surface area contributed by atoms with E-state index in [-0.39, 0.29) is 11.4 Å². The predicted octanol–water partition coefficient (Wildman–Crippen LogP) is -0.288. The molecule has 0 aliphatic heterocycles. The van der Waals surface area contributed by atoms with Crippen LogP contribution in [0.4, 0.5) is 16.2 Å². The minimum Gasteiger partial charge on any atom is -0.506 e. The summed E-state index contributed by atoms with van der Waals surface area (Å²) in [5.41, 5.74) is 9.60. The summed E-state index contributed by atoms with van der Waals surface area (Å²) >= 11 is 0. The monoisotopic (exact) mass is 247 g/mol. The first-order valence-corrected chi connectivity index (χ1v) is 5.32. The summed E-state index contributed by atoms with van der Waals surface area (Å²) < 4.78 is 30.6. The first kappa shape index (κ1) is 12.1. The second-order valence-electron chi connectivity index (χ2n) is 2.87. The first-order valence-electron chi connectivity index (χ1n) is 3.88. The molecule has 0 aliphatic carbocycles. The van der Waals surface area contributed by atoms with Gasteiger partial charge in [-0.05, 0) is 6.07 Å². The summed E-state index contributed by atoms with van der Waals surface area (Å²) in [6.45, 7) is 0. The lowest BCUT2D eigenvalue weighted by Crippen LogP contribution is -2.21. The average molecular weight is 247 g/mol. The van der Waals surface area contributed by atoms with Gasteiger partial charge in [-0.1, -0.05) is 0 Å². The zero-order valence-electron chi connectivity index (χ0n) is 7.84. The molecule has 0 saturated heterocycles. The van der Waals surface area contributed by atoms with Gasteiger partial charge in [0.05, 0.1) is 11.4 Å². The van der Waals surface area contributed by atoms with Crippen molar-refractivity contribution in [2.24, 2.45) is 5.73 Å². The minimum atomic E-state index is -4.60. The maximum Gasteiger partial charge on any atom is 0.316 e. The van der Waals surface area contributed by atoms with Gasteiger partial charge in [0.2, 0.25) is 0 Å². The smallest absolute Gasteiger partial charge is 0.316 e. The van der Waals surface area contributed by atoms with E-state index in [1.54, 1.807) is 0 Å². The van der Waals surface area contributed by atoms with Gasteiger partial charge in [-0.15, -0.1) is 0 Å². The third-order valence-corrected chi connectivity index (χ3v) is 2.56. The number of carbonyl (C=O) groups is 1. The molecule has 0 spiro atoms. The van der Waals surface area contributed by atoms with Crippen LogP contribution in [-0.4, -0.2) is 24.1 Å². The largest absolute Gasteiger partial charge is 0.506 e. The molecular formula is C7H9N3O5S. The Labute approximate surface area is 90.6 Å². The van der Waals surface area contributed by atoms with Crippen LogP contribution in [0.3, 0.4) is 0 Å². The Balaban J connectivity index is 3.45. The number of nitrogens with one attached hydrogen (secondary N) is 1. The van der Waals surface area contributed by atoms with Crippen LogP contribution in [0.1, 0.15) is 0 Å². The molecule has 0 atom stereocenters. The molecule has 88 valence electrons. The first-order chi connectivity index (χ1) is 7.21. The van der Waals surface area contributed by atoms with Crippen LogP contribution in [0.5, 0.6) is 5.75 Å². The number of rotatable bonds is 2. The molecule has 1 aromatic carbocycles. The Morgan fingerprint density at radius 3 is 2.38 bits per heavy atom. The van der Waals surface area contributed by atoms with Crippen LogP contribution in [0.25, 0.3) is 0 Å². The lowest BCUT2D eigenvalue weighted by atomic mass is 10.2. The average Bonchev–Trinajstić information content (AvgIpc) is 2.08. The van der Waals surface area contributed by atoms with E-state index in [4.69, 9.17) is 16.0 Å². The lowest BCUT2D eigenvalue weighted by molar-refractivity contribution is 0.259. The van der Waals surface area contributed by atoms with Gasteiger partial charge in [0.1, 0.15) is 10.6 Å². The van der Waals surface area contributed by atoms with E-state index < -0.39 is 26.8 Å². The Morgan fingerprint density at radius 1 is 1.38 bits per heavy atom. The summed E-state index contributed by atoms with van der Waals surface area (Å²) in [6, 6.07) is 0.633. The molecule has 0 saturated carbocycles. The second-order valence-corrected chi connectivity index (χ2v) is 4.26. The quantitative estimate of drug-likeness (QED) is 0.209. The SMILES string of the molecule is NC(=O)Nc1cc(N)c(O)cc1S(=O)(=O)O. The van der Waals surface area contributed by atoms with Crippen LogP contribution < -0.4 is 16.8 Å². The maximum absolute atomic E-state index is 10.9. The van der Waals surface area contributed by atoms with Crippen molar-refractivity contribution in [3.63, 3.8) is 0 Å². The van der Waals surface area contributed by atoms with Gasteiger partial charge in [0, 0.05) is 6.07 Å². The highest BCUT2D eigenvalue weighted by Crippen LogP contribution is 2.31. The van der Waals surface area contributed by atoms with E-state index in [1.165, 1.54) is 0 Å². The van der Waals surface area contributed by atoms with Crippen LogP contribution in [-0.2, 0) is 10.1 Å². The minimum absolute atomic E-state index is 0.170. The van der Waals surface area contributed by atoms with E-state index in [1.807, 2.05) is 5.32 Å². The molecule has 0 aliphatic rings. The molecule has 0 aromatic heterocycles. The Morgan fingerprint density at radius 2 is 1.94 bits per heavy atom. The molecule has 7 N–H and O–H groups in total. The number of anilines is 2. The number of amides is 2. The van der Waals surface area contributed by atoms with E-state index in [0.29, 0.717) is 6.07 Å². The third-order valence-electron chi connectivity index (χ3n) is 1.66. The molecule has 0 bridgehead atoms.